The average molecular weight is 469 g/mol. The SMILES string of the molecule is CN(C)Cc1c(O)ccc2nc3c(cc12)C(OCCF)N1C(=O)C2C=C(C=C31)C(O)C(=O)OC2. The fraction of sp³-hybridized carbons (Fsp3) is 0.375. The molecular weight excluding hydrogens is 445 g/mol. The first-order valence-electron chi connectivity index (χ1n) is 10.9. The molecule has 9 nitrogen and oxygen atoms in total. The maximum atomic E-state index is 13.5. The van der Waals surface area contributed by atoms with E-state index in [0.717, 1.165) is 0 Å². The van der Waals surface area contributed by atoms with Crippen molar-refractivity contribution >= 4 is 28.5 Å². The van der Waals surface area contributed by atoms with Gasteiger partial charge in [0.1, 0.15) is 19.0 Å². The highest BCUT2D eigenvalue weighted by Crippen LogP contribution is 2.46. The number of alkyl halides is 1. The highest BCUT2D eigenvalue weighted by molar-refractivity contribution is 5.98. The topological polar surface area (TPSA) is 112 Å². The van der Waals surface area contributed by atoms with Crippen molar-refractivity contribution < 1.29 is 33.7 Å². The Bertz CT molecular complexity index is 1260. The molecule has 3 unspecified atom stereocenters. The minimum Gasteiger partial charge on any atom is -0.508 e. The highest BCUT2D eigenvalue weighted by atomic mass is 19.1. The summed E-state index contributed by atoms with van der Waals surface area (Å²) in [5.74, 6) is -1.96. The lowest BCUT2D eigenvalue weighted by Crippen LogP contribution is -2.36. The number of carbonyl (C=O) groups excluding carboxylic acids is 2. The molecule has 0 aliphatic carbocycles. The van der Waals surface area contributed by atoms with Crippen LogP contribution in [0.4, 0.5) is 4.39 Å². The van der Waals surface area contributed by atoms with Gasteiger partial charge in [-0.2, -0.15) is 0 Å². The molecule has 2 bridgehead atoms. The first-order chi connectivity index (χ1) is 16.3. The molecule has 10 heteroatoms. The molecular formula is C24H24FN3O6. The second-order valence-electron chi connectivity index (χ2n) is 8.75. The molecule has 3 aliphatic rings. The fourth-order valence-corrected chi connectivity index (χ4v) is 4.62. The van der Waals surface area contributed by atoms with Crippen molar-refractivity contribution in [3.05, 3.63) is 52.7 Å². The minimum atomic E-state index is -1.54. The van der Waals surface area contributed by atoms with E-state index in [0.29, 0.717) is 40.0 Å². The predicted molar refractivity (Wildman–Crippen MR) is 119 cm³/mol. The van der Waals surface area contributed by atoms with Crippen LogP contribution in [0, 0.1) is 5.92 Å². The summed E-state index contributed by atoms with van der Waals surface area (Å²) in [5.41, 5.74) is 2.80. The summed E-state index contributed by atoms with van der Waals surface area (Å²) in [4.78, 5) is 33.7. The van der Waals surface area contributed by atoms with Gasteiger partial charge in [0.15, 0.2) is 12.3 Å². The van der Waals surface area contributed by atoms with E-state index in [1.807, 2.05) is 19.0 Å². The van der Waals surface area contributed by atoms with Crippen LogP contribution >= 0.6 is 0 Å². The van der Waals surface area contributed by atoms with Gasteiger partial charge >= 0.3 is 5.97 Å². The quantitative estimate of drug-likeness (QED) is 0.636. The van der Waals surface area contributed by atoms with Crippen LogP contribution in [0.1, 0.15) is 23.0 Å². The van der Waals surface area contributed by atoms with Gasteiger partial charge in [-0.25, -0.2) is 14.2 Å². The Kier molecular flexibility index (Phi) is 5.59. The summed E-state index contributed by atoms with van der Waals surface area (Å²) in [5, 5.41) is 21.6. The largest absolute Gasteiger partial charge is 0.508 e. The lowest BCUT2D eigenvalue weighted by Gasteiger charge is -2.27. The van der Waals surface area contributed by atoms with Gasteiger partial charge in [0.25, 0.3) is 0 Å². The summed E-state index contributed by atoms with van der Waals surface area (Å²) < 4.78 is 23.9. The highest BCUT2D eigenvalue weighted by Gasteiger charge is 2.45. The normalized spacial score (nSPS) is 23.8. The summed E-state index contributed by atoms with van der Waals surface area (Å²) in [7, 11) is 3.76. The van der Waals surface area contributed by atoms with Crippen LogP contribution in [0.5, 0.6) is 5.75 Å². The number of amides is 1. The zero-order chi connectivity index (χ0) is 24.1. The number of benzene rings is 1. The zero-order valence-electron chi connectivity index (χ0n) is 18.7. The molecule has 3 aliphatic heterocycles. The molecule has 3 atom stereocenters. The summed E-state index contributed by atoms with van der Waals surface area (Å²) in [6.45, 7) is -0.764. The maximum Gasteiger partial charge on any atom is 0.339 e. The van der Waals surface area contributed by atoms with Crippen molar-refractivity contribution in [2.75, 3.05) is 34.0 Å². The molecule has 2 aromatic rings. The second kappa shape index (κ2) is 8.46. The van der Waals surface area contributed by atoms with Crippen LogP contribution in [-0.4, -0.2) is 77.0 Å². The molecule has 1 aromatic heterocycles. The van der Waals surface area contributed by atoms with E-state index < -0.39 is 36.8 Å². The third kappa shape index (κ3) is 3.54. The van der Waals surface area contributed by atoms with E-state index in [2.05, 4.69) is 0 Å². The number of phenolic OH excluding ortho intramolecular Hbond substituents is 1. The molecule has 0 saturated heterocycles. The number of aromatic nitrogens is 1. The van der Waals surface area contributed by atoms with Crippen molar-refractivity contribution in [3.8, 4) is 5.75 Å². The lowest BCUT2D eigenvalue weighted by molar-refractivity contribution is -0.154. The molecule has 0 saturated carbocycles. The maximum absolute atomic E-state index is 13.5. The van der Waals surface area contributed by atoms with Crippen molar-refractivity contribution in [2.24, 2.45) is 5.92 Å². The number of rotatable bonds is 5. The Morgan fingerprint density at radius 2 is 2.12 bits per heavy atom. The van der Waals surface area contributed by atoms with Crippen LogP contribution in [0.15, 0.2) is 35.9 Å². The standard InChI is InChI=1S/C24H24FN3O6/c1-27(2)10-16-14-9-15-20(26-17(14)3-4-19(16)29)18-8-12-7-13(11-34-24(32)21(12)30)22(31)28(18)23(15)33-6-5-25/h3-4,7-9,13,21,23,29-30H,5-6,10-11H2,1-2H3. The number of ether oxygens (including phenoxy) is 2. The van der Waals surface area contributed by atoms with Gasteiger partial charge in [0, 0.05) is 23.1 Å². The number of halogens is 1. The number of nitrogens with zero attached hydrogens (tertiary/aromatic N) is 3. The predicted octanol–water partition coefficient (Wildman–Crippen LogP) is 1.64. The van der Waals surface area contributed by atoms with Gasteiger partial charge in [0.05, 0.1) is 29.4 Å². The Labute approximate surface area is 194 Å². The Balaban J connectivity index is 1.73. The number of pyridine rings is 1. The van der Waals surface area contributed by atoms with Gasteiger partial charge in [0.2, 0.25) is 5.91 Å². The number of aliphatic hydroxyl groups excluding tert-OH is 1. The fourth-order valence-electron chi connectivity index (χ4n) is 4.62. The van der Waals surface area contributed by atoms with Crippen molar-refractivity contribution in [2.45, 2.75) is 18.9 Å². The molecule has 4 heterocycles. The summed E-state index contributed by atoms with van der Waals surface area (Å²) >= 11 is 0. The average Bonchev–Trinajstić information content (AvgIpc) is 2.91. The number of fused-ring (bicyclic) bond motifs is 5. The number of carbonyl (C=O) groups is 2. The van der Waals surface area contributed by atoms with E-state index >= 15 is 0 Å². The van der Waals surface area contributed by atoms with E-state index in [-0.39, 0.29) is 24.5 Å². The van der Waals surface area contributed by atoms with Crippen LogP contribution in [0.2, 0.25) is 0 Å². The number of hydrogen-bond acceptors (Lipinski definition) is 8. The van der Waals surface area contributed by atoms with E-state index in [4.69, 9.17) is 14.5 Å². The van der Waals surface area contributed by atoms with Gasteiger partial charge in [-0.05, 0) is 43.9 Å². The Morgan fingerprint density at radius 3 is 2.85 bits per heavy atom. The Hall–Kier alpha value is -3.34. The van der Waals surface area contributed by atoms with E-state index in [1.54, 1.807) is 18.2 Å². The van der Waals surface area contributed by atoms with Crippen molar-refractivity contribution in [3.63, 3.8) is 0 Å². The number of phenols is 1. The van der Waals surface area contributed by atoms with Crippen LogP contribution in [0.3, 0.4) is 0 Å². The minimum absolute atomic E-state index is 0.113. The van der Waals surface area contributed by atoms with Gasteiger partial charge < -0.3 is 24.6 Å². The number of esters is 1. The third-order valence-electron chi connectivity index (χ3n) is 6.14. The third-order valence-corrected chi connectivity index (χ3v) is 6.14. The van der Waals surface area contributed by atoms with Gasteiger partial charge in [-0.1, -0.05) is 6.08 Å². The molecule has 1 aromatic carbocycles. The molecule has 0 fully saturated rings. The molecule has 5 rings (SSSR count). The monoisotopic (exact) mass is 469 g/mol. The number of aromatic hydroxyl groups is 1. The smallest absolute Gasteiger partial charge is 0.339 e. The Morgan fingerprint density at radius 1 is 1.32 bits per heavy atom. The first-order valence-corrected chi connectivity index (χ1v) is 10.9. The van der Waals surface area contributed by atoms with Crippen LogP contribution < -0.4 is 0 Å². The molecule has 178 valence electrons. The van der Waals surface area contributed by atoms with E-state index in [1.165, 1.54) is 17.1 Å². The molecule has 0 radical (unpaired) electrons. The van der Waals surface area contributed by atoms with Crippen LogP contribution in [0.25, 0.3) is 16.6 Å². The molecule has 2 N–H and O–H groups in total. The first kappa shape index (κ1) is 22.5. The molecule has 1 amide bonds. The van der Waals surface area contributed by atoms with E-state index in [9.17, 15) is 24.2 Å². The molecule has 34 heavy (non-hydrogen) atoms. The zero-order valence-corrected chi connectivity index (χ0v) is 18.7. The second-order valence-corrected chi connectivity index (χ2v) is 8.75. The number of hydrogen-bond donors (Lipinski definition) is 2. The van der Waals surface area contributed by atoms with Gasteiger partial charge in [-0.3, -0.25) is 9.69 Å². The lowest BCUT2D eigenvalue weighted by atomic mass is 10.0. The summed E-state index contributed by atoms with van der Waals surface area (Å²) in [6.07, 6.45) is 0.554. The van der Waals surface area contributed by atoms with Crippen molar-refractivity contribution in [1.29, 1.82) is 0 Å². The van der Waals surface area contributed by atoms with Crippen molar-refractivity contribution in [1.82, 2.24) is 14.8 Å². The number of cyclic esters (lactones) is 1. The van der Waals surface area contributed by atoms with Crippen LogP contribution in [-0.2, 0) is 25.6 Å². The summed E-state index contributed by atoms with van der Waals surface area (Å²) in [6, 6.07) is 5.05. The van der Waals surface area contributed by atoms with Gasteiger partial charge in [-0.15, -0.1) is 0 Å². The molecule has 0 spiro atoms. The number of aliphatic hydroxyl groups is 1.